The molecule has 3 nitrogen and oxygen atoms in total. The third kappa shape index (κ3) is 6.74. The topological polar surface area (TPSA) is 36.1 Å². The van der Waals surface area contributed by atoms with Crippen LogP contribution in [0.5, 0.6) is 0 Å². The van der Waals surface area contributed by atoms with Crippen molar-refractivity contribution < 1.29 is 0 Å². The van der Waals surface area contributed by atoms with E-state index in [9.17, 15) is 4.79 Å². The molecular weight excluding hydrogens is 424 g/mol. The van der Waals surface area contributed by atoms with Gasteiger partial charge in [0.25, 0.3) is 5.56 Å². The molecule has 5 heteroatoms. The van der Waals surface area contributed by atoms with E-state index >= 15 is 0 Å². The number of thioether (sulfide) groups is 1. The molecule has 0 atom stereocenters. The lowest BCUT2D eigenvalue weighted by Gasteiger charge is -2.17. The Hall–Kier alpha value is -1.49. The van der Waals surface area contributed by atoms with Crippen LogP contribution in [0.15, 0.2) is 46.1 Å². The maximum absolute atomic E-state index is 12.3. The lowest BCUT2D eigenvalue weighted by atomic mass is 9.96. The molecule has 1 saturated carbocycles. The molecule has 2 aromatic rings. The highest BCUT2D eigenvalue weighted by molar-refractivity contribution is 7.99. The average Bonchev–Trinajstić information content (AvgIpc) is 3.28. The van der Waals surface area contributed by atoms with Crippen LogP contribution in [0.2, 0.25) is 5.02 Å². The third-order valence-corrected chi connectivity index (χ3v) is 7.80. The molecule has 0 unspecified atom stereocenters. The number of nitrogens with zero attached hydrogens (tertiary/aromatic N) is 1. The zero-order valence-corrected chi connectivity index (χ0v) is 20.6. The van der Waals surface area contributed by atoms with Gasteiger partial charge in [-0.3, -0.25) is 4.79 Å². The zero-order chi connectivity index (χ0) is 22.2. The number of aromatic nitrogens is 1. The van der Waals surface area contributed by atoms with E-state index in [2.05, 4.69) is 48.0 Å². The molecule has 0 aliphatic heterocycles. The van der Waals surface area contributed by atoms with Crippen molar-refractivity contribution >= 4 is 28.9 Å². The molecule has 0 saturated heterocycles. The van der Waals surface area contributed by atoms with Crippen LogP contribution in [0.4, 0.5) is 0 Å². The molecule has 1 heterocycles. The fourth-order valence-corrected chi connectivity index (χ4v) is 5.40. The summed E-state index contributed by atoms with van der Waals surface area (Å²) in [6, 6.07) is 10.3. The average molecular weight is 459 g/mol. The number of halogens is 1. The number of hydrogen-bond acceptors (Lipinski definition) is 3. The van der Waals surface area contributed by atoms with E-state index in [1.807, 2.05) is 30.8 Å². The van der Waals surface area contributed by atoms with E-state index in [-0.39, 0.29) is 5.56 Å². The van der Waals surface area contributed by atoms with Crippen molar-refractivity contribution in [3.63, 3.8) is 0 Å². The summed E-state index contributed by atoms with van der Waals surface area (Å²) in [5, 5.41) is 0.789. The van der Waals surface area contributed by atoms with Crippen LogP contribution in [0.3, 0.4) is 0 Å². The number of nitrogens with one attached hydrogen (secondary N) is 1. The van der Waals surface area contributed by atoms with Crippen LogP contribution in [0.25, 0.3) is 5.57 Å². The van der Waals surface area contributed by atoms with Crippen LogP contribution in [0.1, 0.15) is 62.8 Å². The Labute approximate surface area is 196 Å². The molecule has 1 aromatic heterocycles. The van der Waals surface area contributed by atoms with Crippen LogP contribution in [-0.2, 0) is 0 Å². The molecule has 0 bridgehead atoms. The molecule has 0 spiro atoms. The monoisotopic (exact) mass is 458 g/mol. The minimum Gasteiger partial charge on any atom is -0.322 e. The predicted molar refractivity (Wildman–Crippen MR) is 135 cm³/mol. The van der Waals surface area contributed by atoms with Crippen molar-refractivity contribution in [2.45, 2.75) is 57.8 Å². The highest BCUT2D eigenvalue weighted by atomic mass is 35.5. The second-order valence-corrected chi connectivity index (χ2v) is 9.93. The first kappa shape index (κ1) is 24.2. The van der Waals surface area contributed by atoms with Gasteiger partial charge in [0.1, 0.15) is 0 Å². The Balaban J connectivity index is 1.79. The third-order valence-electron chi connectivity index (χ3n) is 6.21. The highest BCUT2D eigenvalue weighted by Crippen LogP contribution is 2.35. The normalized spacial score (nSPS) is 15.2. The summed E-state index contributed by atoms with van der Waals surface area (Å²) in [5.41, 5.74) is 3.74. The molecule has 0 amide bonds. The van der Waals surface area contributed by atoms with Gasteiger partial charge >= 0.3 is 0 Å². The summed E-state index contributed by atoms with van der Waals surface area (Å²) < 4.78 is 0. The quantitative estimate of drug-likeness (QED) is 0.314. The minimum atomic E-state index is -0.0266. The van der Waals surface area contributed by atoms with E-state index in [1.165, 1.54) is 25.7 Å². The number of benzene rings is 1. The Morgan fingerprint density at radius 2 is 1.94 bits per heavy atom. The van der Waals surface area contributed by atoms with E-state index in [1.54, 1.807) is 0 Å². The maximum atomic E-state index is 12.3. The molecule has 1 aliphatic carbocycles. The molecule has 1 fully saturated rings. The molecule has 31 heavy (non-hydrogen) atoms. The smallest absolute Gasteiger partial charge is 0.251 e. The minimum absolute atomic E-state index is 0.0266. The molecule has 168 valence electrons. The molecule has 1 aromatic carbocycles. The van der Waals surface area contributed by atoms with Gasteiger partial charge in [-0.15, -0.1) is 11.8 Å². The van der Waals surface area contributed by atoms with Gasteiger partial charge in [0.05, 0.1) is 5.02 Å². The SMILES string of the molecule is CCN(CC)CCCSc1ccc(C(=CC2CCCC2)c2ccc(C)c(=O)[nH]2)cc1Cl. The van der Waals surface area contributed by atoms with Crippen LogP contribution in [0, 0.1) is 12.8 Å². The first-order valence-corrected chi connectivity index (χ1v) is 12.9. The number of pyridine rings is 1. The standard InChI is InChI=1S/C26H35ClN2OS/c1-4-29(5-2)15-8-16-31-25-14-12-21(18-23(25)27)22(17-20-9-6-7-10-20)24-13-11-19(3)26(30)28-24/h11-14,17-18,20H,4-10,15-16H2,1-3H3,(H,28,30). The fourth-order valence-electron chi connectivity index (χ4n) is 4.20. The van der Waals surface area contributed by atoms with Crippen LogP contribution < -0.4 is 5.56 Å². The summed E-state index contributed by atoms with van der Waals surface area (Å²) in [5.74, 6) is 1.62. The number of hydrogen-bond donors (Lipinski definition) is 1. The van der Waals surface area contributed by atoms with E-state index in [4.69, 9.17) is 11.6 Å². The number of aromatic amines is 1. The molecule has 3 rings (SSSR count). The van der Waals surface area contributed by atoms with Crippen molar-refractivity contribution in [1.82, 2.24) is 9.88 Å². The summed E-state index contributed by atoms with van der Waals surface area (Å²) in [6.45, 7) is 9.60. The molecule has 1 aliphatic rings. The van der Waals surface area contributed by atoms with E-state index in [0.29, 0.717) is 5.92 Å². The molecular formula is C26H35ClN2OS. The van der Waals surface area contributed by atoms with Crippen molar-refractivity contribution in [2.24, 2.45) is 5.92 Å². The molecule has 0 radical (unpaired) electrons. The first-order chi connectivity index (χ1) is 15.0. The summed E-state index contributed by atoms with van der Waals surface area (Å²) in [7, 11) is 0. The lowest BCUT2D eigenvalue weighted by Crippen LogP contribution is -2.24. The van der Waals surface area contributed by atoms with Crippen molar-refractivity contribution in [2.75, 3.05) is 25.4 Å². The summed E-state index contributed by atoms with van der Waals surface area (Å²) in [6.07, 6.45) is 8.49. The molecule has 1 N–H and O–H groups in total. The van der Waals surface area contributed by atoms with Gasteiger partial charge in [-0.25, -0.2) is 0 Å². The zero-order valence-electron chi connectivity index (χ0n) is 19.0. The highest BCUT2D eigenvalue weighted by Gasteiger charge is 2.17. The number of rotatable bonds is 10. The number of allylic oxidation sites excluding steroid dienone is 1. The van der Waals surface area contributed by atoms with Gasteiger partial charge in [0.15, 0.2) is 0 Å². The van der Waals surface area contributed by atoms with Gasteiger partial charge in [0.2, 0.25) is 0 Å². The number of H-pyrrole nitrogens is 1. The number of aryl methyl sites for hydroxylation is 1. The van der Waals surface area contributed by atoms with E-state index < -0.39 is 0 Å². The summed E-state index contributed by atoms with van der Waals surface area (Å²) >= 11 is 8.53. The first-order valence-electron chi connectivity index (χ1n) is 11.6. The Kier molecular flexibility index (Phi) is 9.30. The van der Waals surface area contributed by atoms with Crippen LogP contribution in [-0.4, -0.2) is 35.3 Å². The largest absolute Gasteiger partial charge is 0.322 e. The van der Waals surface area contributed by atoms with E-state index in [0.717, 1.165) is 64.1 Å². The predicted octanol–water partition coefficient (Wildman–Crippen LogP) is 6.78. The van der Waals surface area contributed by atoms with Gasteiger partial charge in [-0.1, -0.05) is 56.5 Å². The van der Waals surface area contributed by atoms with Gasteiger partial charge in [0, 0.05) is 21.7 Å². The lowest BCUT2D eigenvalue weighted by molar-refractivity contribution is 0.305. The van der Waals surface area contributed by atoms with Gasteiger partial charge in [-0.05, 0) is 81.3 Å². The Morgan fingerprint density at radius 1 is 1.19 bits per heavy atom. The Bertz CT molecular complexity index is 943. The second kappa shape index (κ2) is 11.9. The van der Waals surface area contributed by atoms with Crippen molar-refractivity contribution in [3.8, 4) is 0 Å². The Morgan fingerprint density at radius 3 is 2.58 bits per heavy atom. The van der Waals surface area contributed by atoms with Crippen LogP contribution >= 0.6 is 23.4 Å². The van der Waals surface area contributed by atoms with Crippen molar-refractivity contribution in [3.05, 3.63) is 68.6 Å². The van der Waals surface area contributed by atoms with Crippen molar-refractivity contribution in [1.29, 1.82) is 0 Å². The van der Waals surface area contributed by atoms with Gasteiger partial charge in [-0.2, -0.15) is 0 Å². The summed E-state index contributed by atoms with van der Waals surface area (Å²) in [4.78, 5) is 18.9. The second-order valence-electron chi connectivity index (χ2n) is 8.38. The fraction of sp³-hybridized carbons (Fsp3) is 0.500. The maximum Gasteiger partial charge on any atom is 0.251 e. The van der Waals surface area contributed by atoms with Gasteiger partial charge < -0.3 is 9.88 Å².